The Morgan fingerprint density at radius 3 is 2.79 bits per heavy atom. The van der Waals surface area contributed by atoms with Gasteiger partial charge in [-0.2, -0.15) is 0 Å². The molecule has 3 heteroatoms. The number of hydrogen-bond donors (Lipinski definition) is 1. The van der Waals surface area contributed by atoms with Gasteiger partial charge < -0.3 is 9.29 Å². The van der Waals surface area contributed by atoms with E-state index in [2.05, 4.69) is 46.0 Å². The van der Waals surface area contributed by atoms with Crippen molar-refractivity contribution in [2.45, 2.75) is 38.1 Å². The van der Waals surface area contributed by atoms with Crippen molar-refractivity contribution in [3.05, 3.63) is 30.5 Å². The maximum Gasteiger partial charge on any atom is 0.0503 e. The Hall–Kier alpha value is -1.09. The summed E-state index contributed by atoms with van der Waals surface area (Å²) in [7, 11) is 0. The first-order chi connectivity index (χ1) is 9.30. The van der Waals surface area contributed by atoms with E-state index in [1.54, 1.807) is 11.9 Å². The van der Waals surface area contributed by atoms with Gasteiger partial charge in [-0.25, -0.2) is 0 Å². The van der Waals surface area contributed by atoms with Crippen molar-refractivity contribution >= 4 is 28.5 Å². The first-order valence-electron chi connectivity index (χ1n) is 7.19. The summed E-state index contributed by atoms with van der Waals surface area (Å²) in [5, 5.41) is 1.36. The number of benzene rings is 1. The second-order valence-corrected chi connectivity index (χ2v) is 6.83. The summed E-state index contributed by atoms with van der Waals surface area (Å²) in [5.41, 5.74) is 3.34. The molecular weight excluding hydrogens is 252 g/mol. The van der Waals surface area contributed by atoms with E-state index >= 15 is 0 Å². The third-order valence-corrected chi connectivity index (χ3v) is 5.53. The molecule has 1 spiro atoms. The van der Waals surface area contributed by atoms with Crippen molar-refractivity contribution < 1.29 is 0 Å². The predicted molar refractivity (Wildman–Crippen MR) is 83.6 cm³/mol. The summed E-state index contributed by atoms with van der Waals surface area (Å²) in [6, 6.07) is 9.67. The molecule has 0 atom stereocenters. The number of fused-ring (bicyclic) bond motifs is 1. The van der Waals surface area contributed by atoms with Gasteiger partial charge in [0.25, 0.3) is 0 Å². The van der Waals surface area contributed by atoms with E-state index in [-0.39, 0.29) is 0 Å². The number of aromatic nitrogens is 1. The van der Waals surface area contributed by atoms with Crippen LogP contribution in [0.5, 0.6) is 0 Å². The van der Waals surface area contributed by atoms with E-state index in [1.807, 2.05) is 0 Å². The van der Waals surface area contributed by atoms with Crippen LogP contribution < -0.4 is 4.72 Å². The lowest BCUT2D eigenvalue weighted by Crippen LogP contribution is -2.43. The highest BCUT2D eigenvalue weighted by Gasteiger charge is 2.48. The monoisotopic (exact) mass is 272 g/mol. The van der Waals surface area contributed by atoms with Crippen molar-refractivity contribution in [2.24, 2.45) is 5.41 Å². The maximum absolute atomic E-state index is 3.33. The molecule has 1 heterocycles. The van der Waals surface area contributed by atoms with Gasteiger partial charge in [0, 0.05) is 24.2 Å². The quantitative estimate of drug-likeness (QED) is 0.805. The summed E-state index contributed by atoms with van der Waals surface area (Å²) in [4.78, 5) is 0. The topological polar surface area (TPSA) is 17.0 Å². The van der Waals surface area contributed by atoms with Gasteiger partial charge in [0.15, 0.2) is 0 Å². The molecule has 0 saturated heterocycles. The predicted octanol–water partition coefficient (Wildman–Crippen LogP) is 4.84. The van der Waals surface area contributed by atoms with Crippen LogP contribution in [0.3, 0.4) is 0 Å². The van der Waals surface area contributed by atoms with Gasteiger partial charge in [-0.1, -0.05) is 24.4 Å². The minimum atomic E-state index is 0.738. The molecule has 1 N–H and O–H groups in total. The fourth-order valence-electron chi connectivity index (χ4n) is 3.87. The molecule has 2 fully saturated rings. The Bertz CT molecular complexity index is 604. The van der Waals surface area contributed by atoms with Gasteiger partial charge in [-0.05, 0) is 54.7 Å². The molecule has 2 aliphatic rings. The molecule has 2 nitrogen and oxygen atoms in total. The fraction of sp³-hybridized carbons (Fsp3) is 0.500. The largest absolute Gasteiger partial charge is 0.344 e. The van der Waals surface area contributed by atoms with E-state index in [4.69, 9.17) is 0 Å². The van der Waals surface area contributed by atoms with Crippen LogP contribution in [0.25, 0.3) is 10.9 Å². The standard InChI is InChI=1S/C16H20N2S/c1-19-17-13-4-3-12-5-8-18(15(12)9-13)14-10-16(11-14)6-2-7-16/h3-5,8-9,14,17H,2,6-7,10-11H2,1H3. The first kappa shape index (κ1) is 11.7. The van der Waals surface area contributed by atoms with E-state index in [0.717, 1.165) is 11.5 Å². The highest BCUT2D eigenvalue weighted by molar-refractivity contribution is 7.99. The van der Waals surface area contributed by atoms with E-state index in [1.165, 1.54) is 48.7 Å². The van der Waals surface area contributed by atoms with Gasteiger partial charge >= 0.3 is 0 Å². The second kappa shape index (κ2) is 4.20. The minimum absolute atomic E-state index is 0.738. The Morgan fingerprint density at radius 1 is 1.26 bits per heavy atom. The first-order valence-corrected chi connectivity index (χ1v) is 8.42. The molecule has 2 saturated carbocycles. The summed E-state index contributed by atoms with van der Waals surface area (Å²) < 4.78 is 5.84. The van der Waals surface area contributed by atoms with Gasteiger partial charge in [-0.3, -0.25) is 0 Å². The third kappa shape index (κ3) is 1.78. The Kier molecular flexibility index (Phi) is 2.59. The normalized spacial score (nSPS) is 21.3. The van der Waals surface area contributed by atoms with Gasteiger partial charge in [-0.15, -0.1) is 0 Å². The van der Waals surface area contributed by atoms with E-state index in [9.17, 15) is 0 Å². The molecule has 1 aromatic heterocycles. The lowest BCUT2D eigenvalue weighted by atomic mass is 9.54. The summed E-state index contributed by atoms with van der Waals surface area (Å²) >= 11 is 1.65. The van der Waals surface area contributed by atoms with Crippen LogP contribution >= 0.6 is 11.9 Å². The van der Waals surface area contributed by atoms with Crippen LogP contribution in [0.15, 0.2) is 30.5 Å². The molecule has 2 aromatic rings. The summed E-state index contributed by atoms with van der Waals surface area (Å²) in [5.74, 6) is 0. The number of nitrogens with one attached hydrogen (secondary N) is 1. The molecule has 0 radical (unpaired) electrons. The van der Waals surface area contributed by atoms with E-state index < -0.39 is 0 Å². The molecule has 4 rings (SSSR count). The minimum Gasteiger partial charge on any atom is -0.344 e. The number of nitrogens with zero attached hydrogens (tertiary/aromatic N) is 1. The third-order valence-electron chi connectivity index (χ3n) is 5.09. The Labute approximate surface area is 118 Å². The highest BCUT2D eigenvalue weighted by Crippen LogP contribution is 2.60. The summed E-state index contributed by atoms with van der Waals surface area (Å²) in [6.07, 6.45) is 11.6. The Balaban J connectivity index is 1.64. The van der Waals surface area contributed by atoms with Crippen LogP contribution in [0, 0.1) is 5.41 Å². The van der Waals surface area contributed by atoms with Crippen molar-refractivity contribution in [1.82, 2.24) is 4.57 Å². The average molecular weight is 272 g/mol. The lowest BCUT2D eigenvalue weighted by Gasteiger charge is -2.54. The van der Waals surface area contributed by atoms with Gasteiger partial charge in [0.1, 0.15) is 0 Å². The second-order valence-electron chi connectivity index (χ2n) is 6.22. The molecule has 19 heavy (non-hydrogen) atoms. The van der Waals surface area contributed by atoms with Crippen molar-refractivity contribution in [3.63, 3.8) is 0 Å². The molecule has 0 amide bonds. The summed E-state index contributed by atoms with van der Waals surface area (Å²) in [6.45, 7) is 0. The number of hydrogen-bond acceptors (Lipinski definition) is 2. The molecule has 1 aromatic carbocycles. The van der Waals surface area contributed by atoms with Crippen LogP contribution in [-0.4, -0.2) is 10.8 Å². The van der Waals surface area contributed by atoms with Crippen LogP contribution in [0.4, 0.5) is 5.69 Å². The zero-order valence-corrected chi connectivity index (χ0v) is 12.2. The molecule has 0 aliphatic heterocycles. The maximum atomic E-state index is 3.33. The molecule has 0 unspecified atom stereocenters. The zero-order chi connectivity index (χ0) is 12.9. The fourth-order valence-corrected chi connectivity index (χ4v) is 4.23. The van der Waals surface area contributed by atoms with Crippen molar-refractivity contribution in [2.75, 3.05) is 11.0 Å². The number of rotatable bonds is 3. The molecule has 2 aliphatic carbocycles. The van der Waals surface area contributed by atoms with Crippen molar-refractivity contribution in [3.8, 4) is 0 Å². The molecular formula is C16H20N2S. The number of anilines is 1. The average Bonchev–Trinajstić information content (AvgIpc) is 2.70. The van der Waals surface area contributed by atoms with Crippen LogP contribution in [0.1, 0.15) is 38.1 Å². The van der Waals surface area contributed by atoms with Gasteiger partial charge in [0.05, 0.1) is 5.52 Å². The highest BCUT2D eigenvalue weighted by atomic mass is 32.2. The smallest absolute Gasteiger partial charge is 0.0503 e. The zero-order valence-electron chi connectivity index (χ0n) is 11.4. The molecule has 0 bridgehead atoms. The Morgan fingerprint density at radius 2 is 2.11 bits per heavy atom. The molecule has 100 valence electrons. The van der Waals surface area contributed by atoms with Crippen LogP contribution in [-0.2, 0) is 0 Å². The lowest BCUT2D eigenvalue weighted by molar-refractivity contribution is -0.0156. The SMILES string of the molecule is CSNc1ccc2ccn(C3CC4(CCC4)C3)c2c1. The van der Waals surface area contributed by atoms with Gasteiger partial charge in [0.2, 0.25) is 0 Å². The van der Waals surface area contributed by atoms with Crippen molar-refractivity contribution in [1.29, 1.82) is 0 Å². The van der Waals surface area contributed by atoms with E-state index in [0.29, 0.717) is 0 Å². The van der Waals surface area contributed by atoms with Crippen LogP contribution in [0.2, 0.25) is 0 Å².